The van der Waals surface area contributed by atoms with Crippen molar-refractivity contribution in [2.75, 3.05) is 20.8 Å². The highest BCUT2D eigenvalue weighted by Crippen LogP contribution is 2.28. The van der Waals surface area contributed by atoms with Crippen LogP contribution in [0.3, 0.4) is 0 Å². The van der Waals surface area contributed by atoms with E-state index in [0.717, 1.165) is 22.1 Å². The Kier molecular flexibility index (Phi) is 6.60. The van der Waals surface area contributed by atoms with Crippen LogP contribution in [0, 0.1) is 0 Å². The standard InChI is InChI=1S/C26H25NO5/c1-29-23-12-10-18(16-25(23)30-2)14-15-27-26(28)24-13-11-20(32-24)17-31-22-9-5-7-19-6-3-4-8-21(19)22/h3-13,16H,14-15,17H2,1-2H3,(H,27,28). The second-order valence-electron chi connectivity index (χ2n) is 7.23. The molecular formula is C26H25NO5. The van der Waals surface area contributed by atoms with Crippen LogP contribution in [-0.4, -0.2) is 26.7 Å². The first-order chi connectivity index (χ1) is 15.7. The van der Waals surface area contributed by atoms with Crippen molar-refractivity contribution >= 4 is 16.7 Å². The van der Waals surface area contributed by atoms with Crippen LogP contribution >= 0.6 is 0 Å². The van der Waals surface area contributed by atoms with Crippen molar-refractivity contribution in [2.24, 2.45) is 0 Å². The van der Waals surface area contributed by atoms with E-state index >= 15 is 0 Å². The molecule has 0 saturated carbocycles. The zero-order valence-electron chi connectivity index (χ0n) is 18.1. The van der Waals surface area contributed by atoms with Crippen LogP contribution in [0.5, 0.6) is 17.2 Å². The minimum atomic E-state index is -0.262. The van der Waals surface area contributed by atoms with Gasteiger partial charge in [0.2, 0.25) is 0 Å². The number of ether oxygens (including phenoxy) is 3. The Balaban J connectivity index is 1.31. The van der Waals surface area contributed by atoms with Gasteiger partial charge < -0.3 is 23.9 Å². The maximum absolute atomic E-state index is 12.4. The van der Waals surface area contributed by atoms with Crippen molar-refractivity contribution in [1.82, 2.24) is 5.32 Å². The van der Waals surface area contributed by atoms with Crippen LogP contribution in [0.15, 0.2) is 77.2 Å². The molecule has 0 radical (unpaired) electrons. The number of carbonyl (C=O) groups is 1. The maximum Gasteiger partial charge on any atom is 0.287 e. The van der Waals surface area contributed by atoms with Gasteiger partial charge in [0.1, 0.15) is 18.1 Å². The summed E-state index contributed by atoms with van der Waals surface area (Å²) >= 11 is 0. The summed E-state index contributed by atoms with van der Waals surface area (Å²) in [7, 11) is 3.20. The molecule has 0 saturated heterocycles. The predicted octanol–water partition coefficient (Wildman–Crippen LogP) is 5.00. The van der Waals surface area contributed by atoms with Gasteiger partial charge in [-0.3, -0.25) is 4.79 Å². The number of fused-ring (bicyclic) bond motifs is 1. The van der Waals surface area contributed by atoms with E-state index < -0.39 is 0 Å². The molecule has 3 aromatic carbocycles. The highest BCUT2D eigenvalue weighted by Gasteiger charge is 2.12. The summed E-state index contributed by atoms with van der Waals surface area (Å²) < 4.78 is 22.2. The number of nitrogens with one attached hydrogen (secondary N) is 1. The second kappa shape index (κ2) is 9.92. The third kappa shape index (κ3) is 4.86. The molecule has 0 fully saturated rings. The summed E-state index contributed by atoms with van der Waals surface area (Å²) in [6, 6.07) is 23.1. The summed E-state index contributed by atoms with van der Waals surface area (Å²) in [5.41, 5.74) is 1.03. The fraction of sp³-hybridized carbons (Fsp3) is 0.192. The second-order valence-corrected chi connectivity index (χ2v) is 7.23. The zero-order valence-corrected chi connectivity index (χ0v) is 18.1. The van der Waals surface area contributed by atoms with E-state index in [-0.39, 0.29) is 18.3 Å². The Labute approximate surface area is 186 Å². The normalized spacial score (nSPS) is 10.7. The molecule has 164 valence electrons. The molecule has 1 aromatic heterocycles. The number of methoxy groups -OCH3 is 2. The molecule has 1 N–H and O–H groups in total. The maximum atomic E-state index is 12.4. The lowest BCUT2D eigenvalue weighted by atomic mass is 10.1. The number of carbonyl (C=O) groups excluding carboxylic acids is 1. The molecule has 0 aliphatic carbocycles. The Bertz CT molecular complexity index is 1210. The first-order valence-corrected chi connectivity index (χ1v) is 10.4. The topological polar surface area (TPSA) is 69.9 Å². The zero-order chi connectivity index (χ0) is 22.3. The molecule has 1 amide bonds. The monoisotopic (exact) mass is 431 g/mol. The van der Waals surface area contributed by atoms with E-state index in [1.54, 1.807) is 26.4 Å². The number of hydrogen-bond donors (Lipinski definition) is 1. The average molecular weight is 431 g/mol. The van der Waals surface area contributed by atoms with E-state index in [4.69, 9.17) is 18.6 Å². The lowest BCUT2D eigenvalue weighted by molar-refractivity contribution is 0.0922. The molecule has 6 heteroatoms. The number of furan rings is 1. The first-order valence-electron chi connectivity index (χ1n) is 10.4. The summed E-state index contributed by atoms with van der Waals surface area (Å²) in [5.74, 6) is 2.70. The van der Waals surface area contributed by atoms with Crippen LogP contribution in [-0.2, 0) is 13.0 Å². The van der Waals surface area contributed by atoms with Crippen molar-refractivity contribution in [3.8, 4) is 17.2 Å². The van der Waals surface area contributed by atoms with Gasteiger partial charge in [-0.2, -0.15) is 0 Å². The average Bonchev–Trinajstić information content (AvgIpc) is 3.31. The van der Waals surface area contributed by atoms with Crippen LogP contribution in [0.4, 0.5) is 0 Å². The third-order valence-corrected chi connectivity index (χ3v) is 5.15. The van der Waals surface area contributed by atoms with Crippen LogP contribution < -0.4 is 19.5 Å². The minimum absolute atomic E-state index is 0.243. The lowest BCUT2D eigenvalue weighted by Gasteiger charge is -2.10. The molecule has 0 aliphatic rings. The molecule has 1 heterocycles. The lowest BCUT2D eigenvalue weighted by Crippen LogP contribution is -2.25. The van der Waals surface area contributed by atoms with E-state index in [0.29, 0.717) is 30.2 Å². The van der Waals surface area contributed by atoms with Crippen molar-refractivity contribution in [2.45, 2.75) is 13.0 Å². The fourth-order valence-corrected chi connectivity index (χ4v) is 3.49. The summed E-state index contributed by atoms with van der Waals surface area (Å²) in [4.78, 5) is 12.4. The van der Waals surface area contributed by atoms with Crippen molar-refractivity contribution < 1.29 is 23.4 Å². The largest absolute Gasteiger partial charge is 0.493 e. The van der Waals surface area contributed by atoms with Gasteiger partial charge in [-0.15, -0.1) is 0 Å². The minimum Gasteiger partial charge on any atom is -0.493 e. The Hall–Kier alpha value is -3.93. The predicted molar refractivity (Wildman–Crippen MR) is 123 cm³/mol. The Morgan fingerprint density at radius 1 is 0.875 bits per heavy atom. The Morgan fingerprint density at radius 3 is 2.53 bits per heavy atom. The molecule has 32 heavy (non-hydrogen) atoms. The van der Waals surface area contributed by atoms with Crippen molar-refractivity contribution in [3.05, 3.63) is 89.9 Å². The van der Waals surface area contributed by atoms with Crippen LogP contribution in [0.25, 0.3) is 10.8 Å². The van der Waals surface area contributed by atoms with Gasteiger partial charge in [0.25, 0.3) is 5.91 Å². The van der Waals surface area contributed by atoms with Crippen LogP contribution in [0.1, 0.15) is 21.9 Å². The van der Waals surface area contributed by atoms with Gasteiger partial charge in [0.05, 0.1) is 14.2 Å². The molecule has 0 aliphatic heterocycles. The van der Waals surface area contributed by atoms with Crippen molar-refractivity contribution in [1.29, 1.82) is 0 Å². The quantitative estimate of drug-likeness (QED) is 0.404. The summed E-state index contributed by atoms with van der Waals surface area (Å²) in [6.45, 7) is 0.712. The molecule has 0 spiro atoms. The van der Waals surface area contributed by atoms with E-state index in [1.165, 1.54) is 0 Å². The van der Waals surface area contributed by atoms with Gasteiger partial charge >= 0.3 is 0 Å². The summed E-state index contributed by atoms with van der Waals surface area (Å²) in [5, 5.41) is 5.03. The first kappa shape index (κ1) is 21.3. The summed E-state index contributed by atoms with van der Waals surface area (Å²) in [6.07, 6.45) is 0.657. The van der Waals surface area contributed by atoms with Gasteiger partial charge in [-0.25, -0.2) is 0 Å². The molecule has 4 aromatic rings. The van der Waals surface area contributed by atoms with E-state index in [2.05, 4.69) is 5.32 Å². The highest BCUT2D eigenvalue weighted by molar-refractivity contribution is 5.91. The number of rotatable bonds is 9. The van der Waals surface area contributed by atoms with E-state index in [1.807, 2.05) is 60.7 Å². The number of hydrogen-bond acceptors (Lipinski definition) is 5. The van der Waals surface area contributed by atoms with Gasteiger partial charge in [0, 0.05) is 11.9 Å². The van der Waals surface area contributed by atoms with Gasteiger partial charge in [-0.1, -0.05) is 42.5 Å². The molecule has 0 bridgehead atoms. The molecule has 4 rings (SSSR count). The molecule has 0 unspecified atom stereocenters. The van der Waals surface area contributed by atoms with Gasteiger partial charge in [0.15, 0.2) is 17.3 Å². The van der Waals surface area contributed by atoms with Crippen molar-refractivity contribution in [3.63, 3.8) is 0 Å². The fourth-order valence-electron chi connectivity index (χ4n) is 3.49. The smallest absolute Gasteiger partial charge is 0.287 e. The van der Waals surface area contributed by atoms with Crippen LogP contribution in [0.2, 0.25) is 0 Å². The number of benzene rings is 3. The molecule has 6 nitrogen and oxygen atoms in total. The van der Waals surface area contributed by atoms with E-state index in [9.17, 15) is 4.79 Å². The molecule has 0 atom stereocenters. The Morgan fingerprint density at radius 2 is 1.69 bits per heavy atom. The third-order valence-electron chi connectivity index (χ3n) is 5.15. The molecular weight excluding hydrogens is 406 g/mol. The van der Waals surface area contributed by atoms with Gasteiger partial charge in [-0.05, 0) is 47.7 Å². The number of amides is 1. The SMILES string of the molecule is COc1ccc(CCNC(=O)c2ccc(COc3cccc4ccccc34)o2)cc1OC. The highest BCUT2D eigenvalue weighted by atomic mass is 16.5.